The first-order valence-corrected chi connectivity index (χ1v) is 12.7. The second-order valence-electron chi connectivity index (χ2n) is 10.1. The Labute approximate surface area is 194 Å². The number of benzene rings is 1. The van der Waals surface area contributed by atoms with E-state index in [0.29, 0.717) is 36.0 Å². The number of fused-ring (bicyclic) bond motifs is 1. The molecule has 3 aromatic rings. The molecular formula is C25H29FN4O2S. The smallest absolute Gasteiger partial charge is 0.215 e. The third-order valence-corrected chi connectivity index (χ3v) is 8.16. The van der Waals surface area contributed by atoms with Gasteiger partial charge in [0.15, 0.2) is 0 Å². The third-order valence-electron chi connectivity index (χ3n) is 6.13. The van der Waals surface area contributed by atoms with Crippen LogP contribution in [0.25, 0.3) is 22.2 Å². The van der Waals surface area contributed by atoms with Crippen molar-refractivity contribution in [2.24, 2.45) is 5.41 Å². The number of pyridine rings is 1. The van der Waals surface area contributed by atoms with Crippen LogP contribution in [0.5, 0.6) is 0 Å². The van der Waals surface area contributed by atoms with Crippen LogP contribution in [0.3, 0.4) is 0 Å². The van der Waals surface area contributed by atoms with Crippen LogP contribution in [-0.2, 0) is 16.6 Å². The molecule has 0 amide bonds. The highest BCUT2D eigenvalue weighted by atomic mass is 32.2. The third kappa shape index (κ3) is 4.66. The molecule has 1 aliphatic rings. The van der Waals surface area contributed by atoms with Crippen LogP contribution in [0.15, 0.2) is 36.7 Å². The van der Waals surface area contributed by atoms with Crippen molar-refractivity contribution < 1.29 is 12.8 Å². The Balaban J connectivity index is 1.85. The summed E-state index contributed by atoms with van der Waals surface area (Å²) in [7, 11) is -3.43. The van der Waals surface area contributed by atoms with E-state index in [4.69, 9.17) is 0 Å². The largest absolute Gasteiger partial charge is 0.347 e. The average molecular weight is 469 g/mol. The molecule has 0 spiro atoms. The zero-order valence-electron chi connectivity index (χ0n) is 19.4. The molecule has 1 N–H and O–H groups in total. The summed E-state index contributed by atoms with van der Waals surface area (Å²) in [5.41, 5.74) is 2.29. The van der Waals surface area contributed by atoms with Gasteiger partial charge in [0.25, 0.3) is 0 Å². The lowest BCUT2D eigenvalue weighted by molar-refractivity contribution is 0.349. The molecular weight excluding hydrogens is 439 g/mol. The molecule has 4 rings (SSSR count). The Morgan fingerprint density at radius 1 is 1.33 bits per heavy atom. The Bertz CT molecular complexity index is 1350. The maximum absolute atomic E-state index is 15.3. The number of nitrogens with zero attached hydrogens (tertiary/aromatic N) is 3. The van der Waals surface area contributed by atoms with Crippen molar-refractivity contribution in [3.8, 4) is 17.3 Å². The van der Waals surface area contributed by atoms with E-state index >= 15 is 4.39 Å². The van der Waals surface area contributed by atoms with Crippen molar-refractivity contribution in [2.75, 3.05) is 0 Å². The number of nitrogens with one attached hydrogen (secondary N) is 1. The van der Waals surface area contributed by atoms with Crippen LogP contribution in [-0.4, -0.2) is 23.2 Å². The van der Waals surface area contributed by atoms with Gasteiger partial charge in [0, 0.05) is 41.4 Å². The van der Waals surface area contributed by atoms with Crippen molar-refractivity contribution in [3.05, 3.63) is 53.6 Å². The van der Waals surface area contributed by atoms with Crippen LogP contribution < -0.4 is 4.72 Å². The van der Waals surface area contributed by atoms with Gasteiger partial charge in [-0.25, -0.2) is 17.5 Å². The Kier molecular flexibility index (Phi) is 6.06. The van der Waals surface area contributed by atoms with E-state index in [2.05, 4.69) is 36.5 Å². The SMILES string of the molecule is C[C@@H](NS(=O)(=O)C1CCC1)c1cn(CC(C)(C)C)c2cc(-c3ncccc3C#N)c(F)cc12. The number of sulfonamides is 1. The lowest BCUT2D eigenvalue weighted by Gasteiger charge is -2.27. The van der Waals surface area contributed by atoms with E-state index in [1.165, 1.54) is 12.3 Å². The van der Waals surface area contributed by atoms with Gasteiger partial charge in [-0.2, -0.15) is 5.26 Å². The summed E-state index contributed by atoms with van der Waals surface area (Å²) in [6.45, 7) is 8.78. The van der Waals surface area contributed by atoms with Crippen molar-refractivity contribution in [3.63, 3.8) is 0 Å². The van der Waals surface area contributed by atoms with Crippen molar-refractivity contribution in [1.29, 1.82) is 5.26 Å². The second-order valence-corrected chi connectivity index (χ2v) is 12.1. The van der Waals surface area contributed by atoms with Gasteiger partial charge in [0.1, 0.15) is 11.9 Å². The first-order chi connectivity index (χ1) is 15.5. The van der Waals surface area contributed by atoms with E-state index in [1.807, 2.05) is 10.8 Å². The fraction of sp³-hybridized carbons (Fsp3) is 0.440. The highest BCUT2D eigenvalue weighted by molar-refractivity contribution is 7.90. The van der Waals surface area contributed by atoms with Gasteiger partial charge in [-0.05, 0) is 55.0 Å². The average Bonchev–Trinajstić information content (AvgIpc) is 3.00. The van der Waals surface area contributed by atoms with Crippen LogP contribution in [0, 0.1) is 22.6 Å². The number of hydrogen-bond donors (Lipinski definition) is 1. The summed E-state index contributed by atoms with van der Waals surface area (Å²) in [4.78, 5) is 4.25. The van der Waals surface area contributed by atoms with Crippen molar-refractivity contribution >= 4 is 20.9 Å². The van der Waals surface area contributed by atoms with Gasteiger partial charge in [-0.15, -0.1) is 0 Å². The van der Waals surface area contributed by atoms with Crippen molar-refractivity contribution in [2.45, 2.75) is 64.8 Å². The number of aromatic nitrogens is 2. The number of nitriles is 1. The molecule has 33 heavy (non-hydrogen) atoms. The Hall–Kier alpha value is -2.76. The highest BCUT2D eigenvalue weighted by Crippen LogP contribution is 2.35. The van der Waals surface area contributed by atoms with E-state index in [9.17, 15) is 13.7 Å². The van der Waals surface area contributed by atoms with Gasteiger partial charge in [0.2, 0.25) is 10.0 Å². The lowest BCUT2D eigenvalue weighted by Crippen LogP contribution is -2.39. The zero-order chi connectivity index (χ0) is 24.0. The minimum absolute atomic E-state index is 0.0603. The number of hydrogen-bond acceptors (Lipinski definition) is 4. The molecule has 0 aliphatic heterocycles. The quantitative estimate of drug-likeness (QED) is 0.532. The maximum atomic E-state index is 15.3. The normalized spacial score (nSPS) is 15.9. The zero-order valence-corrected chi connectivity index (χ0v) is 20.2. The first-order valence-electron chi connectivity index (χ1n) is 11.2. The monoisotopic (exact) mass is 468 g/mol. The lowest BCUT2D eigenvalue weighted by atomic mass is 9.96. The summed E-state index contributed by atoms with van der Waals surface area (Å²) in [6, 6.07) is 7.99. The molecule has 0 unspecified atom stereocenters. The molecule has 6 nitrogen and oxygen atoms in total. The molecule has 0 bridgehead atoms. The van der Waals surface area contributed by atoms with Crippen molar-refractivity contribution in [1.82, 2.24) is 14.3 Å². The highest BCUT2D eigenvalue weighted by Gasteiger charge is 2.33. The van der Waals surface area contributed by atoms with Gasteiger partial charge >= 0.3 is 0 Å². The summed E-state index contributed by atoms with van der Waals surface area (Å²) in [5.74, 6) is -0.499. The van der Waals surface area contributed by atoms with E-state index in [-0.39, 0.29) is 16.2 Å². The minimum atomic E-state index is -3.43. The molecule has 0 radical (unpaired) electrons. The maximum Gasteiger partial charge on any atom is 0.215 e. The molecule has 1 aromatic carbocycles. The second kappa shape index (κ2) is 8.54. The Morgan fingerprint density at radius 2 is 2.06 bits per heavy atom. The molecule has 1 fully saturated rings. The Morgan fingerprint density at radius 3 is 2.67 bits per heavy atom. The van der Waals surface area contributed by atoms with Gasteiger partial charge in [-0.1, -0.05) is 27.2 Å². The van der Waals surface area contributed by atoms with Crippen LogP contribution in [0.4, 0.5) is 4.39 Å². The molecule has 8 heteroatoms. The van der Waals surface area contributed by atoms with Crippen LogP contribution >= 0.6 is 0 Å². The van der Waals surface area contributed by atoms with Gasteiger partial charge in [0.05, 0.1) is 16.5 Å². The van der Waals surface area contributed by atoms with Gasteiger partial charge in [-0.3, -0.25) is 4.98 Å². The first kappa shape index (κ1) is 23.4. The molecule has 1 atom stereocenters. The molecule has 1 saturated carbocycles. The predicted octanol–water partition coefficient (Wildman–Crippen LogP) is 5.29. The minimum Gasteiger partial charge on any atom is -0.347 e. The fourth-order valence-electron chi connectivity index (χ4n) is 4.30. The van der Waals surface area contributed by atoms with E-state index in [0.717, 1.165) is 17.5 Å². The summed E-state index contributed by atoms with van der Waals surface area (Å²) >= 11 is 0. The molecule has 0 saturated heterocycles. The number of rotatable bonds is 6. The topological polar surface area (TPSA) is 87.8 Å². The standard InChI is InChI=1S/C25H29FN4O2S/c1-16(29-33(31,32)18-8-5-9-18)21-14-30(15-25(2,3)4)23-12-20(22(26)11-19(21)23)24-17(13-27)7-6-10-28-24/h6-7,10-12,14,16,18,29H,5,8-9,15H2,1-4H3/t16-/m1/s1. The summed E-state index contributed by atoms with van der Waals surface area (Å²) in [5, 5.41) is 9.77. The number of halogens is 1. The van der Waals surface area contributed by atoms with E-state index in [1.54, 1.807) is 25.1 Å². The predicted molar refractivity (Wildman–Crippen MR) is 127 cm³/mol. The fourth-order valence-corrected chi connectivity index (χ4v) is 6.07. The summed E-state index contributed by atoms with van der Waals surface area (Å²) < 4.78 is 45.6. The molecule has 2 aromatic heterocycles. The summed E-state index contributed by atoms with van der Waals surface area (Å²) in [6.07, 6.45) is 5.73. The van der Waals surface area contributed by atoms with Crippen LogP contribution in [0.2, 0.25) is 0 Å². The van der Waals surface area contributed by atoms with E-state index < -0.39 is 21.9 Å². The molecule has 2 heterocycles. The molecule has 174 valence electrons. The molecule has 1 aliphatic carbocycles. The van der Waals surface area contributed by atoms with Gasteiger partial charge < -0.3 is 4.57 Å². The van der Waals surface area contributed by atoms with Crippen LogP contribution in [0.1, 0.15) is 64.1 Å².